The smallest absolute Gasteiger partial charge is 0.306 e. The van der Waals surface area contributed by atoms with Gasteiger partial charge in [0, 0.05) is 10.9 Å². The summed E-state index contributed by atoms with van der Waals surface area (Å²) in [6, 6.07) is 17.0. The third-order valence-electron chi connectivity index (χ3n) is 3.63. The molecular weight excluding hydrogens is 398 g/mol. The quantitative estimate of drug-likeness (QED) is 0.492. The number of esters is 1. The molecule has 2 aromatic carbocycles. The minimum absolute atomic E-state index is 0.138. The molecule has 0 fully saturated rings. The molecule has 138 valence electrons. The number of carbonyl (C=O) groups excluding carboxylic acids is 2. The molecule has 0 aliphatic heterocycles. The van der Waals surface area contributed by atoms with Gasteiger partial charge in [-0.1, -0.05) is 52.3 Å². The summed E-state index contributed by atoms with van der Waals surface area (Å²) in [6.07, 6.45) is 0.725. The zero-order valence-corrected chi connectivity index (χ0v) is 16.2. The molecule has 1 N–H and O–H groups in total. The van der Waals surface area contributed by atoms with Crippen molar-refractivity contribution in [3.63, 3.8) is 0 Å². The van der Waals surface area contributed by atoms with E-state index >= 15 is 0 Å². The zero-order chi connectivity index (χ0) is 18.8. The molecule has 0 radical (unpaired) electrons. The maximum atomic E-state index is 11.9. The van der Waals surface area contributed by atoms with Crippen LogP contribution in [0.15, 0.2) is 59.1 Å². The lowest BCUT2D eigenvalue weighted by molar-refractivity contribution is -0.148. The number of benzene rings is 2. The van der Waals surface area contributed by atoms with Crippen LogP contribution in [-0.4, -0.2) is 25.1 Å². The van der Waals surface area contributed by atoms with Crippen molar-refractivity contribution >= 4 is 27.8 Å². The van der Waals surface area contributed by atoms with E-state index in [0.717, 1.165) is 15.8 Å². The maximum absolute atomic E-state index is 11.9. The molecule has 2 rings (SSSR count). The molecule has 0 spiro atoms. The number of carbonyl (C=O) groups is 2. The van der Waals surface area contributed by atoms with Gasteiger partial charge in [0.15, 0.2) is 6.61 Å². The topological polar surface area (TPSA) is 64.6 Å². The first-order chi connectivity index (χ1) is 12.5. The lowest BCUT2D eigenvalue weighted by Gasteiger charge is -2.14. The van der Waals surface area contributed by atoms with E-state index in [1.165, 1.54) is 0 Å². The largest absolute Gasteiger partial charge is 0.494 e. The van der Waals surface area contributed by atoms with Crippen molar-refractivity contribution in [2.75, 3.05) is 13.2 Å². The normalized spacial score (nSPS) is 11.5. The first kappa shape index (κ1) is 20.0. The standard InChI is InChI=1S/C20H22BrNO4/c1-15(16-7-3-2-4-8-16)22-19(23)14-26-20(24)11-6-12-25-18-10-5-9-17(21)13-18/h2-5,7-10,13,15H,6,11-12,14H2,1H3,(H,22,23)/t15-/m0/s1. The summed E-state index contributed by atoms with van der Waals surface area (Å²) in [6.45, 7) is 2.01. The number of hydrogen-bond acceptors (Lipinski definition) is 4. The number of amides is 1. The molecule has 0 bridgehead atoms. The second kappa shape index (κ2) is 10.6. The van der Waals surface area contributed by atoms with Crippen LogP contribution in [0.25, 0.3) is 0 Å². The van der Waals surface area contributed by atoms with Crippen LogP contribution in [0, 0.1) is 0 Å². The Morgan fingerprint density at radius 1 is 1.12 bits per heavy atom. The Morgan fingerprint density at radius 3 is 2.62 bits per heavy atom. The van der Waals surface area contributed by atoms with Gasteiger partial charge in [0.25, 0.3) is 5.91 Å². The highest BCUT2D eigenvalue weighted by atomic mass is 79.9. The number of ether oxygens (including phenoxy) is 2. The molecule has 0 heterocycles. The minimum Gasteiger partial charge on any atom is -0.494 e. The number of nitrogens with one attached hydrogen (secondary N) is 1. The van der Waals surface area contributed by atoms with E-state index in [9.17, 15) is 9.59 Å². The van der Waals surface area contributed by atoms with Crippen molar-refractivity contribution in [2.45, 2.75) is 25.8 Å². The Kier molecular flexibility index (Phi) is 8.15. The van der Waals surface area contributed by atoms with Crippen LogP contribution in [0.5, 0.6) is 5.75 Å². The van der Waals surface area contributed by atoms with Crippen LogP contribution >= 0.6 is 15.9 Å². The van der Waals surface area contributed by atoms with Crippen molar-refractivity contribution in [1.29, 1.82) is 0 Å². The van der Waals surface area contributed by atoms with Crippen molar-refractivity contribution in [3.8, 4) is 5.75 Å². The number of halogens is 1. The molecule has 6 heteroatoms. The summed E-state index contributed by atoms with van der Waals surface area (Å²) in [5.41, 5.74) is 0.997. The first-order valence-corrected chi connectivity index (χ1v) is 9.22. The van der Waals surface area contributed by atoms with Gasteiger partial charge in [-0.2, -0.15) is 0 Å². The number of hydrogen-bond donors (Lipinski definition) is 1. The lowest BCUT2D eigenvalue weighted by atomic mass is 10.1. The van der Waals surface area contributed by atoms with E-state index in [1.54, 1.807) is 0 Å². The molecule has 1 amide bonds. The molecule has 0 saturated carbocycles. The molecule has 2 aromatic rings. The van der Waals surface area contributed by atoms with Crippen molar-refractivity contribution < 1.29 is 19.1 Å². The van der Waals surface area contributed by atoms with Gasteiger partial charge in [-0.25, -0.2) is 0 Å². The summed E-state index contributed by atoms with van der Waals surface area (Å²) in [4.78, 5) is 23.6. The molecule has 0 aromatic heterocycles. The van der Waals surface area contributed by atoms with Gasteiger partial charge >= 0.3 is 5.97 Å². The monoisotopic (exact) mass is 419 g/mol. The highest BCUT2D eigenvalue weighted by Gasteiger charge is 2.11. The van der Waals surface area contributed by atoms with Gasteiger partial charge in [0.05, 0.1) is 12.6 Å². The Labute approximate surface area is 161 Å². The van der Waals surface area contributed by atoms with Gasteiger partial charge < -0.3 is 14.8 Å². The molecule has 0 unspecified atom stereocenters. The summed E-state index contributed by atoms with van der Waals surface area (Å²) >= 11 is 3.37. The van der Waals surface area contributed by atoms with Crippen LogP contribution in [-0.2, 0) is 14.3 Å². The van der Waals surface area contributed by atoms with Crippen molar-refractivity contribution in [2.24, 2.45) is 0 Å². The first-order valence-electron chi connectivity index (χ1n) is 8.43. The van der Waals surface area contributed by atoms with Crippen molar-refractivity contribution in [1.82, 2.24) is 5.32 Å². The van der Waals surface area contributed by atoms with Crippen LogP contribution in [0.4, 0.5) is 0 Å². The molecule has 5 nitrogen and oxygen atoms in total. The Hall–Kier alpha value is -2.34. The second-order valence-corrected chi connectivity index (χ2v) is 6.69. The van der Waals surface area contributed by atoms with Gasteiger partial charge in [0.1, 0.15) is 5.75 Å². The average Bonchev–Trinajstić information content (AvgIpc) is 2.64. The van der Waals surface area contributed by atoms with Gasteiger partial charge in [-0.15, -0.1) is 0 Å². The maximum Gasteiger partial charge on any atom is 0.306 e. The predicted molar refractivity (Wildman–Crippen MR) is 103 cm³/mol. The van der Waals surface area contributed by atoms with E-state index in [-0.39, 0.29) is 25.0 Å². The number of rotatable bonds is 9. The minimum atomic E-state index is -0.412. The van der Waals surface area contributed by atoms with Crippen LogP contribution < -0.4 is 10.1 Å². The third-order valence-corrected chi connectivity index (χ3v) is 4.12. The highest BCUT2D eigenvalue weighted by Crippen LogP contribution is 2.18. The van der Waals surface area contributed by atoms with E-state index in [2.05, 4.69) is 21.2 Å². The van der Waals surface area contributed by atoms with E-state index < -0.39 is 5.97 Å². The van der Waals surface area contributed by atoms with Crippen LogP contribution in [0.2, 0.25) is 0 Å². The van der Waals surface area contributed by atoms with Crippen LogP contribution in [0.1, 0.15) is 31.4 Å². The lowest BCUT2D eigenvalue weighted by Crippen LogP contribution is -2.31. The molecular formula is C20H22BrNO4. The predicted octanol–water partition coefficient (Wildman–Crippen LogP) is 4.03. The Balaban J connectivity index is 1.60. The molecule has 0 aliphatic rings. The van der Waals surface area contributed by atoms with E-state index in [4.69, 9.17) is 9.47 Å². The summed E-state index contributed by atoms with van der Waals surface area (Å²) in [5, 5.41) is 2.80. The van der Waals surface area contributed by atoms with Gasteiger partial charge in [-0.05, 0) is 37.1 Å². The Bertz CT molecular complexity index is 721. The highest BCUT2D eigenvalue weighted by molar-refractivity contribution is 9.10. The Morgan fingerprint density at radius 2 is 1.88 bits per heavy atom. The van der Waals surface area contributed by atoms with E-state index in [1.807, 2.05) is 61.5 Å². The third kappa shape index (κ3) is 7.27. The van der Waals surface area contributed by atoms with Gasteiger partial charge in [-0.3, -0.25) is 9.59 Å². The molecule has 1 atom stereocenters. The molecule has 0 saturated heterocycles. The molecule has 26 heavy (non-hydrogen) atoms. The zero-order valence-electron chi connectivity index (χ0n) is 14.6. The summed E-state index contributed by atoms with van der Waals surface area (Å²) in [5.74, 6) is 0.00691. The van der Waals surface area contributed by atoms with E-state index in [0.29, 0.717) is 13.0 Å². The SMILES string of the molecule is C[C@H](NC(=O)COC(=O)CCCOc1cccc(Br)c1)c1ccccc1. The van der Waals surface area contributed by atoms with Crippen molar-refractivity contribution in [3.05, 3.63) is 64.6 Å². The fourth-order valence-electron chi connectivity index (χ4n) is 2.29. The fraction of sp³-hybridized carbons (Fsp3) is 0.300. The molecule has 0 aliphatic carbocycles. The van der Waals surface area contributed by atoms with Crippen LogP contribution in [0.3, 0.4) is 0 Å². The van der Waals surface area contributed by atoms with Gasteiger partial charge in [0.2, 0.25) is 0 Å². The second-order valence-electron chi connectivity index (χ2n) is 5.77. The fourth-order valence-corrected chi connectivity index (χ4v) is 2.67. The summed E-state index contributed by atoms with van der Waals surface area (Å²) in [7, 11) is 0. The average molecular weight is 420 g/mol. The summed E-state index contributed by atoms with van der Waals surface area (Å²) < 4.78 is 11.5.